The van der Waals surface area contributed by atoms with E-state index < -0.39 is 6.04 Å². The van der Waals surface area contributed by atoms with Gasteiger partial charge in [0.15, 0.2) is 5.78 Å². The maximum atomic E-state index is 14.1. The number of aromatic nitrogens is 3. The van der Waals surface area contributed by atoms with Gasteiger partial charge in [-0.1, -0.05) is 48.5 Å². The average Bonchev–Trinajstić information content (AvgIpc) is 3.09. The molecule has 0 saturated carbocycles. The smallest absolute Gasteiger partial charge is 0.251 e. The second-order valence-electron chi connectivity index (χ2n) is 11.3. The monoisotopic (exact) mass is 649 g/mol. The number of aryl methyl sites for hydroxylation is 1. The SMILES string of the molecule is CNC(=O)c1cccc2c1C(C(CC(=O)c1ccc(C)c(Nc3nccc(-c4cccnc4)n3)c1)Cc1ccccc1)N(O)CN2.Cl. The topological polar surface area (TPSA) is 132 Å². The lowest BCUT2D eigenvalue weighted by molar-refractivity contribution is -0.141. The molecule has 1 aliphatic heterocycles. The van der Waals surface area contributed by atoms with Crippen molar-refractivity contribution in [2.75, 3.05) is 24.3 Å². The van der Waals surface area contributed by atoms with Crippen LogP contribution < -0.4 is 16.0 Å². The van der Waals surface area contributed by atoms with Crippen LogP contribution in [0.5, 0.6) is 0 Å². The fourth-order valence-corrected chi connectivity index (χ4v) is 5.98. The van der Waals surface area contributed by atoms with Crippen molar-refractivity contribution >= 4 is 41.4 Å². The third-order valence-electron chi connectivity index (χ3n) is 8.28. The number of hydrogen-bond acceptors (Lipinski definition) is 9. The van der Waals surface area contributed by atoms with Gasteiger partial charge < -0.3 is 21.2 Å². The lowest BCUT2D eigenvalue weighted by Gasteiger charge is -2.39. The van der Waals surface area contributed by atoms with Gasteiger partial charge in [0.25, 0.3) is 5.91 Å². The van der Waals surface area contributed by atoms with Crippen LogP contribution in [-0.2, 0) is 6.42 Å². The van der Waals surface area contributed by atoms with Crippen LogP contribution >= 0.6 is 12.4 Å². The lowest BCUT2D eigenvalue weighted by atomic mass is 9.80. The summed E-state index contributed by atoms with van der Waals surface area (Å²) in [6, 6.07) is 25.9. The van der Waals surface area contributed by atoms with Gasteiger partial charge >= 0.3 is 0 Å². The Kier molecular flexibility index (Phi) is 10.6. The Labute approximate surface area is 279 Å². The van der Waals surface area contributed by atoms with E-state index in [0.717, 1.165) is 28.1 Å². The second-order valence-corrected chi connectivity index (χ2v) is 11.3. The van der Waals surface area contributed by atoms with Gasteiger partial charge in [-0.2, -0.15) is 5.06 Å². The van der Waals surface area contributed by atoms with Crippen LogP contribution in [0.2, 0.25) is 0 Å². The van der Waals surface area contributed by atoms with Crippen LogP contribution in [0.25, 0.3) is 11.3 Å². The predicted molar refractivity (Wildman–Crippen MR) is 184 cm³/mol. The van der Waals surface area contributed by atoms with Crippen LogP contribution in [0.4, 0.5) is 17.3 Å². The highest BCUT2D eigenvalue weighted by Crippen LogP contribution is 2.41. The standard InChI is InChI=1S/C36H35N7O3.ClH/c1-23-13-14-25(19-31(23)42-36-39-17-15-29(41-36)26-10-7-16-38-21-26)32(44)20-27(18-24-8-4-3-5-9-24)34-33-28(35(45)37-2)11-6-12-30(33)40-22-43(34)46;/h3-17,19,21,27,34,40,46H,18,20,22H2,1-2H3,(H,37,45)(H,39,41,42);1H. The molecule has 6 rings (SSSR count). The molecule has 4 N–H and O–H groups in total. The molecule has 2 unspecified atom stereocenters. The fourth-order valence-electron chi connectivity index (χ4n) is 5.98. The molecule has 1 aliphatic rings. The number of nitrogens with one attached hydrogen (secondary N) is 3. The molecule has 0 saturated heterocycles. The van der Waals surface area contributed by atoms with Crippen LogP contribution in [-0.4, -0.2) is 50.6 Å². The van der Waals surface area contributed by atoms with E-state index in [4.69, 9.17) is 0 Å². The number of pyridine rings is 1. The summed E-state index contributed by atoms with van der Waals surface area (Å²) in [6.45, 7) is 2.11. The lowest BCUT2D eigenvalue weighted by Crippen LogP contribution is -2.42. The van der Waals surface area contributed by atoms with Gasteiger partial charge in [-0.15, -0.1) is 12.4 Å². The van der Waals surface area contributed by atoms with Crippen molar-refractivity contribution in [1.29, 1.82) is 0 Å². The first-order valence-corrected chi connectivity index (χ1v) is 15.1. The van der Waals surface area contributed by atoms with Crippen molar-refractivity contribution in [2.24, 2.45) is 5.92 Å². The third kappa shape index (κ3) is 7.47. The van der Waals surface area contributed by atoms with Crippen molar-refractivity contribution < 1.29 is 14.8 Å². The van der Waals surface area contributed by atoms with Gasteiger partial charge in [-0.25, -0.2) is 9.97 Å². The number of carbonyl (C=O) groups is 2. The molecular weight excluding hydrogens is 614 g/mol. The number of hydroxylamine groups is 2. The number of amides is 1. The summed E-state index contributed by atoms with van der Waals surface area (Å²) in [7, 11) is 1.58. The number of rotatable bonds is 10. The van der Waals surface area contributed by atoms with E-state index in [9.17, 15) is 14.8 Å². The molecule has 0 bridgehead atoms. The molecule has 0 aliphatic carbocycles. The van der Waals surface area contributed by atoms with Gasteiger partial charge in [0.1, 0.15) is 0 Å². The van der Waals surface area contributed by atoms with Crippen molar-refractivity contribution in [3.05, 3.63) is 131 Å². The normalized spacial score (nSPS) is 14.6. The molecule has 240 valence electrons. The first kappa shape index (κ1) is 33.2. The minimum atomic E-state index is -0.611. The van der Waals surface area contributed by atoms with E-state index in [0.29, 0.717) is 34.7 Å². The molecule has 0 fully saturated rings. The predicted octanol–water partition coefficient (Wildman–Crippen LogP) is 6.62. The van der Waals surface area contributed by atoms with E-state index in [1.54, 1.807) is 31.7 Å². The Morgan fingerprint density at radius 3 is 2.62 bits per heavy atom. The molecule has 0 spiro atoms. The molecule has 11 heteroatoms. The molecule has 3 aromatic carbocycles. The number of carbonyl (C=O) groups excluding carboxylic acids is 2. The number of anilines is 3. The minimum absolute atomic E-state index is 0. The van der Waals surface area contributed by atoms with Crippen LogP contribution in [0.1, 0.15) is 49.9 Å². The highest BCUT2D eigenvalue weighted by Gasteiger charge is 2.37. The zero-order valence-corrected chi connectivity index (χ0v) is 26.9. The molecular formula is C36H36ClN7O3. The van der Waals surface area contributed by atoms with Gasteiger partial charge in [0, 0.05) is 65.7 Å². The first-order valence-electron chi connectivity index (χ1n) is 15.1. The van der Waals surface area contributed by atoms with Crippen molar-refractivity contribution in [3.63, 3.8) is 0 Å². The Hall–Kier alpha value is -5.16. The Morgan fingerprint density at radius 2 is 1.85 bits per heavy atom. The average molecular weight is 650 g/mol. The molecule has 3 heterocycles. The van der Waals surface area contributed by atoms with Gasteiger partial charge in [-0.3, -0.25) is 14.6 Å². The third-order valence-corrected chi connectivity index (χ3v) is 8.28. The van der Waals surface area contributed by atoms with Crippen LogP contribution in [0.15, 0.2) is 104 Å². The number of fused-ring (bicyclic) bond motifs is 1. The maximum Gasteiger partial charge on any atom is 0.251 e. The summed E-state index contributed by atoms with van der Waals surface area (Å²) < 4.78 is 0. The van der Waals surface area contributed by atoms with Crippen molar-refractivity contribution in [3.8, 4) is 11.3 Å². The summed E-state index contributed by atoms with van der Waals surface area (Å²) >= 11 is 0. The molecule has 2 aromatic heterocycles. The van der Waals surface area contributed by atoms with Crippen molar-refractivity contribution in [2.45, 2.75) is 25.8 Å². The molecule has 5 aromatic rings. The summed E-state index contributed by atoms with van der Waals surface area (Å²) in [5.74, 6) is -0.295. The van der Waals surface area contributed by atoms with E-state index >= 15 is 0 Å². The van der Waals surface area contributed by atoms with E-state index in [1.807, 2.05) is 85.8 Å². The number of benzene rings is 3. The van der Waals surface area contributed by atoms with E-state index in [2.05, 4.69) is 30.9 Å². The number of nitrogens with zero attached hydrogens (tertiary/aromatic N) is 4. The zero-order valence-electron chi connectivity index (χ0n) is 26.1. The van der Waals surface area contributed by atoms with Crippen LogP contribution in [0.3, 0.4) is 0 Å². The molecule has 47 heavy (non-hydrogen) atoms. The summed E-state index contributed by atoms with van der Waals surface area (Å²) in [6.07, 6.45) is 5.79. The highest BCUT2D eigenvalue weighted by atomic mass is 35.5. The number of halogens is 1. The molecule has 0 radical (unpaired) electrons. The zero-order chi connectivity index (χ0) is 32.0. The van der Waals surface area contributed by atoms with Crippen LogP contribution in [0, 0.1) is 12.8 Å². The summed E-state index contributed by atoms with van der Waals surface area (Å²) in [5.41, 5.74) is 6.68. The highest BCUT2D eigenvalue weighted by molar-refractivity contribution is 5.98. The van der Waals surface area contributed by atoms with Gasteiger partial charge in [0.05, 0.1) is 18.4 Å². The Morgan fingerprint density at radius 1 is 1.02 bits per heavy atom. The molecule has 10 nitrogen and oxygen atoms in total. The fraction of sp³-hybridized carbons (Fsp3) is 0.194. The largest absolute Gasteiger partial charge is 0.370 e. The molecule has 1 amide bonds. The van der Waals surface area contributed by atoms with E-state index in [-0.39, 0.29) is 43.1 Å². The first-order chi connectivity index (χ1) is 22.4. The Balaban J connectivity index is 0.00000433. The maximum absolute atomic E-state index is 14.1. The van der Waals surface area contributed by atoms with Gasteiger partial charge in [-0.05, 0) is 66.8 Å². The quantitative estimate of drug-likeness (QED) is 0.123. The summed E-state index contributed by atoms with van der Waals surface area (Å²) in [5, 5.41) is 21.7. The van der Waals surface area contributed by atoms with E-state index in [1.165, 1.54) is 5.06 Å². The van der Waals surface area contributed by atoms with Crippen molar-refractivity contribution in [1.82, 2.24) is 25.3 Å². The number of hydrogen-bond donors (Lipinski definition) is 4. The minimum Gasteiger partial charge on any atom is -0.370 e. The second kappa shape index (κ2) is 15.0. The number of ketones is 1. The van der Waals surface area contributed by atoms with Gasteiger partial charge in [0.2, 0.25) is 5.95 Å². The number of Topliss-reactive ketones (excluding diaryl/α,β-unsaturated/α-hetero) is 1. The summed E-state index contributed by atoms with van der Waals surface area (Å²) in [4.78, 5) is 40.3. The Bertz CT molecular complexity index is 1860. The molecule has 2 atom stereocenters.